The zero-order valence-corrected chi connectivity index (χ0v) is 8.41. The molecule has 0 aromatic rings. The fourth-order valence-electron chi connectivity index (χ4n) is 2.91. The summed E-state index contributed by atoms with van der Waals surface area (Å²) in [4.78, 5) is 0. The minimum atomic E-state index is 0.368. The molecule has 1 heterocycles. The van der Waals surface area contributed by atoms with Crippen LogP contribution in [0, 0.1) is 17.8 Å². The molecule has 2 aliphatic rings. The van der Waals surface area contributed by atoms with Gasteiger partial charge in [0.1, 0.15) is 0 Å². The molecule has 76 valence electrons. The second-order valence-corrected chi connectivity index (χ2v) is 4.53. The third-order valence-corrected chi connectivity index (χ3v) is 3.72. The Labute approximate surface area is 80.3 Å². The molecule has 2 heteroatoms. The Hall–Kier alpha value is -0.0800. The Kier molecular flexibility index (Phi) is 2.89. The lowest BCUT2D eigenvalue weighted by molar-refractivity contribution is 0.0168. The summed E-state index contributed by atoms with van der Waals surface area (Å²) in [5.74, 6) is 2.02. The van der Waals surface area contributed by atoms with Crippen LogP contribution in [0.1, 0.15) is 32.6 Å². The molecule has 13 heavy (non-hydrogen) atoms. The highest BCUT2D eigenvalue weighted by Crippen LogP contribution is 2.48. The standard InChI is InChI=1S/C11H20O2/c1-2-3-4-10-11-8(6-12)5-9(11)7-13-10/h8-12H,2-7H2,1H3. The molecule has 2 rings (SSSR count). The van der Waals surface area contributed by atoms with E-state index in [0.717, 1.165) is 12.5 Å². The highest BCUT2D eigenvalue weighted by molar-refractivity contribution is 4.97. The van der Waals surface area contributed by atoms with Crippen molar-refractivity contribution in [1.82, 2.24) is 0 Å². The van der Waals surface area contributed by atoms with Gasteiger partial charge in [0.15, 0.2) is 0 Å². The molecule has 4 atom stereocenters. The second kappa shape index (κ2) is 3.97. The third-order valence-electron chi connectivity index (χ3n) is 3.72. The van der Waals surface area contributed by atoms with Gasteiger partial charge in [-0.25, -0.2) is 0 Å². The first-order chi connectivity index (χ1) is 6.36. The number of aliphatic hydroxyl groups is 1. The van der Waals surface area contributed by atoms with E-state index in [-0.39, 0.29) is 0 Å². The van der Waals surface area contributed by atoms with Gasteiger partial charge in [0.2, 0.25) is 0 Å². The molecule has 1 saturated carbocycles. The summed E-state index contributed by atoms with van der Waals surface area (Å²) in [5, 5.41) is 9.12. The van der Waals surface area contributed by atoms with Crippen molar-refractivity contribution in [2.24, 2.45) is 17.8 Å². The Morgan fingerprint density at radius 2 is 2.31 bits per heavy atom. The molecule has 1 saturated heterocycles. The minimum Gasteiger partial charge on any atom is -0.396 e. The maximum absolute atomic E-state index is 9.12. The lowest BCUT2D eigenvalue weighted by Gasteiger charge is -2.40. The van der Waals surface area contributed by atoms with Gasteiger partial charge in [-0.15, -0.1) is 0 Å². The molecule has 0 aromatic carbocycles. The number of unbranched alkanes of at least 4 members (excludes halogenated alkanes) is 1. The fraction of sp³-hybridized carbons (Fsp3) is 1.00. The molecule has 0 aromatic heterocycles. The third kappa shape index (κ3) is 1.62. The summed E-state index contributed by atoms with van der Waals surface area (Å²) >= 11 is 0. The summed E-state index contributed by atoms with van der Waals surface area (Å²) < 4.78 is 5.76. The zero-order chi connectivity index (χ0) is 9.26. The number of ether oxygens (including phenoxy) is 1. The van der Waals surface area contributed by atoms with Gasteiger partial charge in [-0.2, -0.15) is 0 Å². The van der Waals surface area contributed by atoms with E-state index < -0.39 is 0 Å². The Balaban J connectivity index is 1.83. The minimum absolute atomic E-state index is 0.368. The monoisotopic (exact) mass is 184 g/mol. The predicted molar refractivity (Wildman–Crippen MR) is 51.4 cm³/mol. The average molecular weight is 184 g/mol. The van der Waals surface area contributed by atoms with Gasteiger partial charge < -0.3 is 9.84 Å². The van der Waals surface area contributed by atoms with Crippen molar-refractivity contribution in [1.29, 1.82) is 0 Å². The summed E-state index contributed by atoms with van der Waals surface area (Å²) in [7, 11) is 0. The Bertz CT molecular complexity index is 169. The summed E-state index contributed by atoms with van der Waals surface area (Å²) in [6, 6.07) is 0. The molecule has 2 nitrogen and oxygen atoms in total. The lowest BCUT2D eigenvalue weighted by Crippen LogP contribution is -2.41. The van der Waals surface area contributed by atoms with Crippen LogP contribution in [0.15, 0.2) is 0 Å². The molecule has 1 N–H and O–H groups in total. The molecule has 4 unspecified atom stereocenters. The van der Waals surface area contributed by atoms with E-state index in [4.69, 9.17) is 9.84 Å². The van der Waals surface area contributed by atoms with Crippen molar-refractivity contribution in [3.05, 3.63) is 0 Å². The first kappa shape index (κ1) is 9.47. The topological polar surface area (TPSA) is 29.5 Å². The van der Waals surface area contributed by atoms with Crippen LogP contribution in [0.3, 0.4) is 0 Å². The number of hydrogen-bond acceptors (Lipinski definition) is 2. The van der Waals surface area contributed by atoms with Crippen LogP contribution in [-0.4, -0.2) is 24.4 Å². The van der Waals surface area contributed by atoms with Gasteiger partial charge >= 0.3 is 0 Å². The van der Waals surface area contributed by atoms with E-state index in [1.807, 2.05) is 0 Å². The van der Waals surface area contributed by atoms with Gasteiger partial charge in [-0.3, -0.25) is 0 Å². The van der Waals surface area contributed by atoms with Crippen molar-refractivity contribution >= 4 is 0 Å². The molecule has 0 radical (unpaired) electrons. The first-order valence-electron chi connectivity index (χ1n) is 5.59. The number of hydrogen-bond donors (Lipinski definition) is 1. The maximum atomic E-state index is 9.12. The predicted octanol–water partition coefficient (Wildman–Crippen LogP) is 1.82. The summed E-state index contributed by atoms with van der Waals surface area (Å²) in [5.41, 5.74) is 0. The molecule has 1 aliphatic heterocycles. The molecule has 2 fully saturated rings. The largest absolute Gasteiger partial charge is 0.396 e. The SMILES string of the molecule is CCCCC1OCC2CC(CO)C21. The van der Waals surface area contributed by atoms with Crippen LogP contribution in [0.2, 0.25) is 0 Å². The van der Waals surface area contributed by atoms with Crippen LogP contribution in [0.4, 0.5) is 0 Å². The highest BCUT2D eigenvalue weighted by atomic mass is 16.5. The van der Waals surface area contributed by atoms with Gasteiger partial charge in [0.25, 0.3) is 0 Å². The number of rotatable bonds is 4. The van der Waals surface area contributed by atoms with E-state index in [1.54, 1.807) is 0 Å². The van der Waals surface area contributed by atoms with Crippen LogP contribution < -0.4 is 0 Å². The van der Waals surface area contributed by atoms with Gasteiger partial charge in [-0.1, -0.05) is 19.8 Å². The Morgan fingerprint density at radius 3 is 3.00 bits per heavy atom. The van der Waals surface area contributed by atoms with Crippen LogP contribution in [-0.2, 0) is 4.74 Å². The van der Waals surface area contributed by atoms with Crippen molar-refractivity contribution in [3.63, 3.8) is 0 Å². The quantitative estimate of drug-likeness (QED) is 0.722. The fourth-order valence-corrected chi connectivity index (χ4v) is 2.91. The van der Waals surface area contributed by atoms with Gasteiger partial charge in [-0.05, 0) is 30.6 Å². The molecule has 0 spiro atoms. The van der Waals surface area contributed by atoms with E-state index in [9.17, 15) is 0 Å². The number of aliphatic hydroxyl groups excluding tert-OH is 1. The van der Waals surface area contributed by atoms with Crippen LogP contribution in [0.25, 0.3) is 0 Å². The van der Waals surface area contributed by atoms with Gasteiger partial charge in [0.05, 0.1) is 12.7 Å². The van der Waals surface area contributed by atoms with E-state index in [1.165, 1.54) is 25.7 Å². The van der Waals surface area contributed by atoms with Crippen molar-refractivity contribution in [2.45, 2.75) is 38.7 Å². The molecule has 0 amide bonds. The summed E-state index contributed by atoms with van der Waals surface area (Å²) in [6.45, 7) is 3.54. The highest BCUT2D eigenvalue weighted by Gasteiger charge is 2.49. The first-order valence-corrected chi connectivity index (χ1v) is 5.59. The van der Waals surface area contributed by atoms with E-state index >= 15 is 0 Å². The smallest absolute Gasteiger partial charge is 0.0610 e. The van der Waals surface area contributed by atoms with Gasteiger partial charge in [0, 0.05) is 6.61 Å². The maximum Gasteiger partial charge on any atom is 0.0610 e. The second-order valence-electron chi connectivity index (χ2n) is 4.53. The number of fused-ring (bicyclic) bond motifs is 1. The van der Waals surface area contributed by atoms with E-state index in [0.29, 0.717) is 24.5 Å². The average Bonchev–Trinajstić information content (AvgIpc) is 2.41. The van der Waals surface area contributed by atoms with Crippen molar-refractivity contribution in [2.75, 3.05) is 13.2 Å². The molecular formula is C11H20O2. The molecule has 0 bridgehead atoms. The van der Waals surface area contributed by atoms with Crippen molar-refractivity contribution in [3.8, 4) is 0 Å². The normalized spacial score (nSPS) is 42.9. The lowest BCUT2D eigenvalue weighted by atomic mass is 9.64. The van der Waals surface area contributed by atoms with Crippen LogP contribution in [0.5, 0.6) is 0 Å². The molecular weight excluding hydrogens is 164 g/mol. The summed E-state index contributed by atoms with van der Waals surface area (Å²) in [6.07, 6.45) is 5.39. The zero-order valence-electron chi connectivity index (χ0n) is 8.41. The molecule has 1 aliphatic carbocycles. The van der Waals surface area contributed by atoms with E-state index in [2.05, 4.69) is 6.92 Å². The van der Waals surface area contributed by atoms with Crippen LogP contribution >= 0.6 is 0 Å². The Morgan fingerprint density at radius 1 is 1.46 bits per heavy atom. The van der Waals surface area contributed by atoms with Crippen molar-refractivity contribution < 1.29 is 9.84 Å².